The van der Waals surface area contributed by atoms with Crippen LogP contribution in [0, 0.1) is 23.7 Å². The summed E-state index contributed by atoms with van der Waals surface area (Å²) >= 11 is 0. The molecule has 0 aromatic heterocycles. The lowest BCUT2D eigenvalue weighted by atomic mass is 9.96. The van der Waals surface area contributed by atoms with Gasteiger partial charge in [-0.05, 0) is 23.7 Å². The minimum absolute atomic E-state index is 0.986. The van der Waals surface area contributed by atoms with Crippen LogP contribution < -0.4 is 0 Å². The maximum Gasteiger partial charge on any atom is -0.0332 e. The highest BCUT2D eigenvalue weighted by Gasteiger charge is 2.45. The van der Waals surface area contributed by atoms with Crippen molar-refractivity contribution in [2.24, 2.45) is 23.7 Å². The number of hydrogen-bond donors (Lipinski definition) is 0. The highest BCUT2D eigenvalue weighted by atomic mass is 14.5. The zero-order chi connectivity index (χ0) is 13.4. The molecular formula is C18H36. The predicted octanol–water partition coefficient (Wildman–Crippen LogP) is 6.45. The van der Waals surface area contributed by atoms with Crippen molar-refractivity contribution in [3.8, 4) is 0 Å². The largest absolute Gasteiger partial charge is 0.0654 e. The molecule has 18 heavy (non-hydrogen) atoms. The van der Waals surface area contributed by atoms with E-state index < -0.39 is 0 Å². The van der Waals surface area contributed by atoms with E-state index in [0.29, 0.717) is 0 Å². The quantitative estimate of drug-likeness (QED) is 0.371. The summed E-state index contributed by atoms with van der Waals surface area (Å²) in [5.74, 6) is 4.07. The van der Waals surface area contributed by atoms with Crippen LogP contribution in [0.15, 0.2) is 0 Å². The molecule has 1 rings (SSSR count). The van der Waals surface area contributed by atoms with Gasteiger partial charge in [-0.2, -0.15) is 0 Å². The van der Waals surface area contributed by atoms with E-state index in [1.54, 1.807) is 0 Å². The first-order chi connectivity index (χ1) is 8.68. The second-order valence-electron chi connectivity index (χ2n) is 6.89. The monoisotopic (exact) mass is 252 g/mol. The van der Waals surface area contributed by atoms with Crippen LogP contribution in [0.25, 0.3) is 0 Å². The van der Waals surface area contributed by atoms with Crippen LogP contribution in [0.2, 0.25) is 0 Å². The maximum atomic E-state index is 2.48. The first-order valence-electron chi connectivity index (χ1n) is 8.68. The van der Waals surface area contributed by atoms with Gasteiger partial charge < -0.3 is 0 Å². The van der Waals surface area contributed by atoms with E-state index in [1.807, 2.05) is 0 Å². The summed E-state index contributed by atoms with van der Waals surface area (Å²) in [6.07, 6.45) is 14.6. The number of unbranched alkanes of at least 4 members (excludes halogenated alkanes) is 8. The third-order valence-electron chi connectivity index (χ3n) is 5.32. The van der Waals surface area contributed by atoms with Crippen molar-refractivity contribution in [3.05, 3.63) is 0 Å². The van der Waals surface area contributed by atoms with Crippen molar-refractivity contribution >= 4 is 0 Å². The standard InChI is InChI=1S/C18H36/c1-5-6-7-8-9-10-11-12-13-14-15(2)18-16(3)17(18)4/h15-18H,5-14H2,1-4H3. The normalized spacial score (nSPS) is 28.3. The molecule has 108 valence electrons. The minimum Gasteiger partial charge on any atom is -0.0654 e. The Kier molecular flexibility index (Phi) is 8.02. The molecule has 1 aliphatic rings. The predicted molar refractivity (Wildman–Crippen MR) is 82.8 cm³/mol. The molecule has 0 aliphatic heterocycles. The molecular weight excluding hydrogens is 216 g/mol. The second kappa shape index (κ2) is 8.99. The first-order valence-corrected chi connectivity index (χ1v) is 8.68. The molecule has 0 aromatic carbocycles. The lowest BCUT2D eigenvalue weighted by molar-refractivity contribution is 0.411. The smallest absolute Gasteiger partial charge is 0.0332 e. The molecule has 0 amide bonds. The third-order valence-corrected chi connectivity index (χ3v) is 5.32. The Morgan fingerprint density at radius 2 is 1.17 bits per heavy atom. The van der Waals surface area contributed by atoms with Crippen molar-refractivity contribution in [1.29, 1.82) is 0 Å². The van der Waals surface area contributed by atoms with Crippen molar-refractivity contribution in [3.63, 3.8) is 0 Å². The molecule has 0 N–H and O–H groups in total. The van der Waals surface area contributed by atoms with Crippen LogP contribution in [0.5, 0.6) is 0 Å². The minimum atomic E-state index is 0.986. The topological polar surface area (TPSA) is 0 Å². The van der Waals surface area contributed by atoms with Crippen LogP contribution in [-0.4, -0.2) is 0 Å². The summed E-state index contributed by atoms with van der Waals surface area (Å²) < 4.78 is 0. The molecule has 0 heterocycles. The second-order valence-corrected chi connectivity index (χ2v) is 6.89. The van der Waals surface area contributed by atoms with Gasteiger partial charge in [-0.3, -0.25) is 0 Å². The molecule has 3 atom stereocenters. The van der Waals surface area contributed by atoms with Crippen LogP contribution in [-0.2, 0) is 0 Å². The fourth-order valence-corrected chi connectivity index (χ4v) is 3.71. The van der Waals surface area contributed by atoms with E-state index in [4.69, 9.17) is 0 Å². The SMILES string of the molecule is CCCCCCCCCCCC(C)C1C(C)C1C. The average molecular weight is 252 g/mol. The van der Waals surface area contributed by atoms with Gasteiger partial charge in [0.25, 0.3) is 0 Å². The summed E-state index contributed by atoms with van der Waals surface area (Å²) in [6.45, 7) is 9.64. The van der Waals surface area contributed by atoms with Crippen LogP contribution in [0.3, 0.4) is 0 Å². The van der Waals surface area contributed by atoms with Gasteiger partial charge in [-0.1, -0.05) is 91.9 Å². The molecule has 3 unspecified atom stereocenters. The van der Waals surface area contributed by atoms with E-state index in [0.717, 1.165) is 23.7 Å². The summed E-state index contributed by atoms with van der Waals surface area (Å²) in [5.41, 5.74) is 0. The first kappa shape index (κ1) is 16.1. The molecule has 0 bridgehead atoms. The van der Waals surface area contributed by atoms with Crippen molar-refractivity contribution in [2.45, 2.75) is 91.9 Å². The van der Waals surface area contributed by atoms with Gasteiger partial charge in [0.15, 0.2) is 0 Å². The highest BCUT2D eigenvalue weighted by molar-refractivity contribution is 4.93. The van der Waals surface area contributed by atoms with Gasteiger partial charge in [-0.25, -0.2) is 0 Å². The zero-order valence-electron chi connectivity index (χ0n) is 13.4. The Morgan fingerprint density at radius 1 is 0.722 bits per heavy atom. The van der Waals surface area contributed by atoms with E-state index in [1.165, 1.54) is 64.2 Å². The van der Waals surface area contributed by atoms with Crippen molar-refractivity contribution < 1.29 is 0 Å². The Labute approximate surface area is 116 Å². The van der Waals surface area contributed by atoms with Crippen LogP contribution in [0.1, 0.15) is 91.9 Å². The van der Waals surface area contributed by atoms with Gasteiger partial charge in [0, 0.05) is 0 Å². The summed E-state index contributed by atoms with van der Waals surface area (Å²) in [7, 11) is 0. The van der Waals surface area contributed by atoms with E-state index in [-0.39, 0.29) is 0 Å². The van der Waals surface area contributed by atoms with Crippen molar-refractivity contribution in [1.82, 2.24) is 0 Å². The van der Waals surface area contributed by atoms with Crippen LogP contribution in [0.4, 0.5) is 0 Å². The van der Waals surface area contributed by atoms with Gasteiger partial charge in [0.05, 0.1) is 0 Å². The Bertz CT molecular complexity index is 188. The van der Waals surface area contributed by atoms with E-state index in [9.17, 15) is 0 Å². The van der Waals surface area contributed by atoms with E-state index in [2.05, 4.69) is 27.7 Å². The van der Waals surface area contributed by atoms with Gasteiger partial charge in [0.2, 0.25) is 0 Å². The lowest BCUT2D eigenvalue weighted by Gasteiger charge is -2.10. The molecule has 1 aliphatic carbocycles. The fourth-order valence-electron chi connectivity index (χ4n) is 3.71. The summed E-state index contributed by atoms with van der Waals surface area (Å²) in [6, 6.07) is 0. The van der Waals surface area contributed by atoms with Crippen molar-refractivity contribution in [2.75, 3.05) is 0 Å². The molecule has 0 saturated heterocycles. The molecule has 0 heteroatoms. The Hall–Kier alpha value is 0. The number of rotatable bonds is 11. The molecule has 1 saturated carbocycles. The van der Waals surface area contributed by atoms with Gasteiger partial charge in [-0.15, -0.1) is 0 Å². The molecule has 0 aromatic rings. The van der Waals surface area contributed by atoms with Crippen LogP contribution >= 0.6 is 0 Å². The highest BCUT2D eigenvalue weighted by Crippen LogP contribution is 2.51. The van der Waals surface area contributed by atoms with Gasteiger partial charge in [0.1, 0.15) is 0 Å². The maximum absolute atomic E-state index is 2.48. The summed E-state index contributed by atoms with van der Waals surface area (Å²) in [5, 5.41) is 0. The van der Waals surface area contributed by atoms with E-state index >= 15 is 0 Å². The van der Waals surface area contributed by atoms with Gasteiger partial charge >= 0.3 is 0 Å². The molecule has 0 radical (unpaired) electrons. The number of hydrogen-bond acceptors (Lipinski definition) is 0. The molecule has 1 fully saturated rings. The fraction of sp³-hybridized carbons (Fsp3) is 1.00. The Morgan fingerprint density at radius 3 is 1.61 bits per heavy atom. The lowest BCUT2D eigenvalue weighted by Crippen LogP contribution is -1.99. The summed E-state index contributed by atoms with van der Waals surface area (Å²) in [4.78, 5) is 0. The molecule has 0 nitrogen and oxygen atoms in total. The average Bonchev–Trinajstić information content (AvgIpc) is 2.95. The Balaban J connectivity index is 1.81. The third kappa shape index (κ3) is 5.76. The molecule has 0 spiro atoms. The zero-order valence-corrected chi connectivity index (χ0v) is 13.4.